The van der Waals surface area contributed by atoms with Crippen LogP contribution in [-0.4, -0.2) is 38.5 Å². The van der Waals surface area contributed by atoms with Gasteiger partial charge in [0, 0.05) is 18.8 Å². The topological polar surface area (TPSA) is 75.7 Å². The average Bonchev–Trinajstić information content (AvgIpc) is 2.56. The Balaban J connectivity index is 2.31. The third-order valence-electron chi connectivity index (χ3n) is 3.66. The summed E-state index contributed by atoms with van der Waals surface area (Å²) in [4.78, 5) is 12.8. The van der Waals surface area contributed by atoms with E-state index in [9.17, 15) is 13.2 Å². The molecule has 0 fully saturated rings. The van der Waals surface area contributed by atoms with Gasteiger partial charge in [0.05, 0.1) is 12.9 Å². The summed E-state index contributed by atoms with van der Waals surface area (Å²) in [7, 11) is -2.16. The molecule has 0 aliphatic heterocycles. The molecule has 6 nitrogen and oxygen atoms in total. The van der Waals surface area contributed by atoms with Gasteiger partial charge in [-0.2, -0.15) is 4.31 Å². The smallest absolute Gasteiger partial charge is 0.247 e. The number of benzene rings is 2. The summed E-state index contributed by atoms with van der Waals surface area (Å²) in [5.41, 5.74) is 1.13. The highest BCUT2D eigenvalue weighted by Crippen LogP contribution is 2.25. The van der Waals surface area contributed by atoms with Gasteiger partial charge in [-0.05, 0) is 24.6 Å². The summed E-state index contributed by atoms with van der Waals surface area (Å²) in [6.07, 6.45) is 1.08. The van der Waals surface area contributed by atoms with Crippen molar-refractivity contribution in [2.24, 2.45) is 0 Å². The minimum absolute atomic E-state index is 0.437. The van der Waals surface area contributed by atoms with Gasteiger partial charge in [-0.15, -0.1) is 0 Å². The van der Waals surface area contributed by atoms with Crippen molar-refractivity contribution in [2.45, 2.75) is 13.0 Å². The van der Waals surface area contributed by atoms with Crippen LogP contribution >= 0.6 is 0 Å². The van der Waals surface area contributed by atoms with E-state index in [2.05, 4.69) is 5.32 Å². The molecule has 25 heavy (non-hydrogen) atoms. The van der Waals surface area contributed by atoms with Gasteiger partial charge in [-0.1, -0.05) is 36.4 Å². The van der Waals surface area contributed by atoms with E-state index < -0.39 is 22.0 Å². The van der Waals surface area contributed by atoms with Crippen LogP contribution in [0.2, 0.25) is 0 Å². The molecule has 0 aliphatic rings. The number of likely N-dealkylation sites (N-methyl/N-ethyl adjacent to an activating group) is 1. The Labute approximate surface area is 148 Å². The molecule has 0 bridgehead atoms. The molecule has 0 radical (unpaired) electrons. The van der Waals surface area contributed by atoms with Crippen molar-refractivity contribution in [1.29, 1.82) is 0 Å². The number of anilines is 1. The molecular weight excluding hydrogens is 340 g/mol. The summed E-state index contributed by atoms with van der Waals surface area (Å²) >= 11 is 0. The zero-order valence-corrected chi connectivity index (χ0v) is 15.3. The van der Waals surface area contributed by atoms with Crippen LogP contribution in [0.3, 0.4) is 0 Å². The molecule has 1 amide bonds. The van der Waals surface area contributed by atoms with Crippen LogP contribution in [0.25, 0.3) is 0 Å². The van der Waals surface area contributed by atoms with Crippen LogP contribution in [0.15, 0.2) is 54.6 Å². The molecule has 0 unspecified atom stereocenters. The quantitative estimate of drug-likeness (QED) is 0.822. The van der Waals surface area contributed by atoms with Gasteiger partial charge in [0.2, 0.25) is 15.9 Å². The first-order valence-corrected chi connectivity index (χ1v) is 9.69. The van der Waals surface area contributed by atoms with Crippen molar-refractivity contribution in [3.8, 4) is 5.75 Å². The van der Waals surface area contributed by atoms with Crippen molar-refractivity contribution in [3.63, 3.8) is 0 Å². The summed E-state index contributed by atoms with van der Waals surface area (Å²) in [5, 5.41) is 2.77. The van der Waals surface area contributed by atoms with E-state index in [1.54, 1.807) is 48.5 Å². The van der Waals surface area contributed by atoms with Crippen molar-refractivity contribution in [1.82, 2.24) is 4.31 Å². The molecule has 0 aromatic heterocycles. The molecule has 0 aliphatic carbocycles. The highest BCUT2D eigenvalue weighted by atomic mass is 32.2. The maximum atomic E-state index is 12.8. The summed E-state index contributed by atoms with van der Waals surface area (Å²) < 4.78 is 30.4. The van der Waals surface area contributed by atoms with E-state index in [1.165, 1.54) is 7.05 Å². The highest BCUT2D eigenvalue weighted by Gasteiger charge is 2.30. The second-order valence-electron chi connectivity index (χ2n) is 5.54. The Morgan fingerprint density at radius 2 is 1.84 bits per heavy atom. The SMILES string of the molecule is CCOc1cccc(NC(=O)[C@H](c2ccccc2)N(C)S(C)(=O)=O)c1. The van der Waals surface area contributed by atoms with E-state index in [4.69, 9.17) is 4.74 Å². The van der Waals surface area contributed by atoms with Crippen LogP contribution in [0.4, 0.5) is 5.69 Å². The lowest BCUT2D eigenvalue weighted by Crippen LogP contribution is -2.38. The predicted octanol–water partition coefficient (Wildman–Crippen LogP) is 2.66. The third kappa shape index (κ3) is 5.04. The Kier molecular flexibility index (Phi) is 6.17. The Bertz CT molecular complexity index is 822. The number of carbonyl (C=O) groups is 1. The summed E-state index contributed by atoms with van der Waals surface area (Å²) in [6, 6.07) is 14.8. The molecule has 2 rings (SSSR count). The molecule has 1 N–H and O–H groups in total. The molecular formula is C18H22N2O4S. The number of amides is 1. The Hall–Kier alpha value is -2.38. The molecule has 134 valence electrons. The predicted molar refractivity (Wildman–Crippen MR) is 98.0 cm³/mol. The Morgan fingerprint density at radius 3 is 2.44 bits per heavy atom. The van der Waals surface area contributed by atoms with Crippen LogP contribution in [0.1, 0.15) is 18.5 Å². The first-order chi connectivity index (χ1) is 11.8. The van der Waals surface area contributed by atoms with Gasteiger partial charge in [0.1, 0.15) is 11.8 Å². The van der Waals surface area contributed by atoms with Gasteiger partial charge in [0.15, 0.2) is 0 Å². The van der Waals surface area contributed by atoms with Crippen LogP contribution in [0.5, 0.6) is 5.75 Å². The monoisotopic (exact) mass is 362 g/mol. The lowest BCUT2D eigenvalue weighted by molar-refractivity contribution is -0.119. The minimum Gasteiger partial charge on any atom is -0.494 e. The fourth-order valence-electron chi connectivity index (χ4n) is 2.39. The number of nitrogens with zero attached hydrogens (tertiary/aromatic N) is 1. The van der Waals surface area contributed by atoms with Crippen molar-refractivity contribution < 1.29 is 17.9 Å². The molecule has 1 atom stereocenters. The number of ether oxygens (including phenoxy) is 1. The van der Waals surface area contributed by atoms with E-state index in [0.717, 1.165) is 10.6 Å². The standard InChI is InChI=1S/C18H22N2O4S/c1-4-24-16-12-8-11-15(13-16)19-18(21)17(20(2)25(3,22)23)14-9-6-5-7-10-14/h5-13,17H,4H2,1-3H3,(H,19,21)/t17-/m0/s1. The average molecular weight is 362 g/mol. The number of nitrogens with one attached hydrogen (secondary N) is 1. The molecule has 7 heteroatoms. The maximum absolute atomic E-state index is 12.8. The third-order valence-corrected chi connectivity index (χ3v) is 4.92. The van der Waals surface area contributed by atoms with Crippen molar-refractivity contribution in [3.05, 3.63) is 60.2 Å². The normalized spacial score (nSPS) is 12.6. The molecule has 0 heterocycles. The van der Waals surface area contributed by atoms with Gasteiger partial charge in [0.25, 0.3) is 0 Å². The van der Waals surface area contributed by atoms with E-state index in [0.29, 0.717) is 23.6 Å². The second kappa shape index (κ2) is 8.13. The number of hydrogen-bond acceptors (Lipinski definition) is 4. The number of carbonyl (C=O) groups excluding carboxylic acids is 1. The van der Waals surface area contributed by atoms with Crippen LogP contribution < -0.4 is 10.1 Å². The van der Waals surface area contributed by atoms with Gasteiger partial charge >= 0.3 is 0 Å². The molecule has 0 saturated carbocycles. The minimum atomic E-state index is -3.56. The van der Waals surface area contributed by atoms with Crippen molar-refractivity contribution >= 4 is 21.6 Å². The van der Waals surface area contributed by atoms with Crippen LogP contribution in [-0.2, 0) is 14.8 Å². The van der Waals surface area contributed by atoms with Gasteiger partial charge < -0.3 is 10.1 Å². The molecule has 0 spiro atoms. The molecule has 2 aromatic rings. The van der Waals surface area contributed by atoms with Gasteiger partial charge in [-0.3, -0.25) is 4.79 Å². The fourth-order valence-corrected chi connectivity index (χ4v) is 2.99. The zero-order valence-electron chi connectivity index (χ0n) is 14.5. The zero-order chi connectivity index (χ0) is 18.4. The van der Waals surface area contributed by atoms with Gasteiger partial charge in [-0.25, -0.2) is 8.42 Å². The number of hydrogen-bond donors (Lipinski definition) is 1. The molecule has 0 saturated heterocycles. The van der Waals surface area contributed by atoms with Crippen LogP contribution in [0, 0.1) is 0 Å². The van der Waals surface area contributed by atoms with E-state index >= 15 is 0 Å². The number of sulfonamides is 1. The van der Waals surface area contributed by atoms with Crippen molar-refractivity contribution in [2.75, 3.05) is 25.2 Å². The number of rotatable bonds is 7. The first kappa shape index (κ1) is 19.0. The highest BCUT2D eigenvalue weighted by molar-refractivity contribution is 7.88. The first-order valence-electron chi connectivity index (χ1n) is 7.84. The lowest BCUT2D eigenvalue weighted by Gasteiger charge is -2.25. The second-order valence-corrected chi connectivity index (χ2v) is 7.58. The summed E-state index contributed by atoms with van der Waals surface area (Å²) in [5.74, 6) is 0.195. The molecule has 2 aromatic carbocycles. The van der Waals surface area contributed by atoms with E-state index in [-0.39, 0.29) is 0 Å². The van der Waals surface area contributed by atoms with E-state index in [1.807, 2.05) is 13.0 Å². The fraction of sp³-hybridized carbons (Fsp3) is 0.278. The Morgan fingerprint density at radius 1 is 1.16 bits per heavy atom. The summed E-state index contributed by atoms with van der Waals surface area (Å²) in [6.45, 7) is 2.39. The largest absolute Gasteiger partial charge is 0.494 e. The lowest BCUT2D eigenvalue weighted by atomic mass is 10.1. The maximum Gasteiger partial charge on any atom is 0.247 e.